The van der Waals surface area contributed by atoms with Crippen LogP contribution in [0.2, 0.25) is 0 Å². The van der Waals surface area contributed by atoms with Gasteiger partial charge in [0.25, 0.3) is 6.43 Å². The molecule has 2 aliphatic heterocycles. The Morgan fingerprint density at radius 2 is 1.57 bits per heavy atom. The molecule has 2 atom stereocenters. The molecule has 0 aromatic heterocycles. The third-order valence-electron chi connectivity index (χ3n) is 7.72. The summed E-state index contributed by atoms with van der Waals surface area (Å²) in [7, 11) is 0. The highest BCUT2D eigenvalue weighted by molar-refractivity contribution is 5.79. The molecule has 2 bridgehead atoms. The van der Waals surface area contributed by atoms with Gasteiger partial charge in [0, 0.05) is 17.5 Å². The Kier molecular flexibility index (Phi) is 5.63. The van der Waals surface area contributed by atoms with E-state index in [4.69, 9.17) is 4.74 Å². The molecule has 3 aromatic rings. The molecule has 35 heavy (non-hydrogen) atoms. The summed E-state index contributed by atoms with van der Waals surface area (Å²) >= 11 is 0. The monoisotopic (exact) mass is 471 g/mol. The van der Waals surface area contributed by atoms with Crippen molar-refractivity contribution in [3.8, 4) is 11.1 Å². The number of benzene rings is 3. The normalized spacial score (nSPS) is 20.9. The first-order valence-electron chi connectivity index (χ1n) is 12.3. The highest BCUT2D eigenvalue weighted by Crippen LogP contribution is 2.45. The summed E-state index contributed by atoms with van der Waals surface area (Å²) in [6.45, 7) is 0.314. The molecular weight excluding hydrogens is 444 g/mol. The van der Waals surface area contributed by atoms with Crippen molar-refractivity contribution < 1.29 is 18.3 Å². The molecule has 3 aliphatic rings. The lowest BCUT2D eigenvalue weighted by Gasteiger charge is -2.44. The molecule has 1 fully saturated rings. The maximum Gasteiger partial charge on any atom is 0.410 e. The number of ether oxygens (including phenoxy) is 1. The third kappa shape index (κ3) is 3.93. The molecule has 0 spiro atoms. The van der Waals surface area contributed by atoms with E-state index < -0.39 is 6.43 Å². The fraction of sp³-hybridized carbons (Fsp3) is 0.300. The van der Waals surface area contributed by atoms with Crippen molar-refractivity contribution in [2.45, 2.75) is 50.1 Å². The molecule has 0 saturated carbocycles. The van der Waals surface area contributed by atoms with E-state index >= 15 is 0 Å². The van der Waals surface area contributed by atoms with E-state index in [1.165, 1.54) is 34.4 Å². The Bertz CT molecular complexity index is 1240. The highest BCUT2D eigenvalue weighted by Gasteiger charge is 2.39. The van der Waals surface area contributed by atoms with E-state index in [-0.39, 0.29) is 29.7 Å². The molecule has 2 unspecified atom stereocenters. The SMILES string of the molecule is O=C(OCC1c2ccccc2-c2ccccc21)N1C2C=C(c3ccc(C(F)F)cc3)CC1CCC2. The summed E-state index contributed by atoms with van der Waals surface area (Å²) in [5, 5.41) is 0. The van der Waals surface area contributed by atoms with Crippen LogP contribution in [-0.4, -0.2) is 29.7 Å². The second-order valence-electron chi connectivity index (χ2n) is 9.68. The summed E-state index contributed by atoms with van der Waals surface area (Å²) in [6.07, 6.45) is 3.00. The molecule has 0 radical (unpaired) electrons. The lowest BCUT2D eigenvalue weighted by molar-refractivity contribution is 0.0539. The summed E-state index contributed by atoms with van der Waals surface area (Å²) in [6, 6.07) is 23.2. The van der Waals surface area contributed by atoms with Crippen LogP contribution in [0, 0.1) is 0 Å². The Morgan fingerprint density at radius 3 is 2.20 bits per heavy atom. The van der Waals surface area contributed by atoms with Crippen molar-refractivity contribution in [1.29, 1.82) is 0 Å². The Balaban J connectivity index is 1.20. The molecule has 178 valence electrons. The zero-order valence-electron chi connectivity index (χ0n) is 19.4. The molecule has 2 heterocycles. The van der Waals surface area contributed by atoms with Crippen LogP contribution < -0.4 is 0 Å². The first kappa shape index (κ1) is 22.0. The van der Waals surface area contributed by atoms with Crippen LogP contribution in [0.3, 0.4) is 0 Å². The molecule has 6 rings (SSSR count). The highest BCUT2D eigenvalue weighted by atomic mass is 19.3. The van der Waals surface area contributed by atoms with Gasteiger partial charge in [-0.15, -0.1) is 0 Å². The van der Waals surface area contributed by atoms with Crippen molar-refractivity contribution in [2.24, 2.45) is 0 Å². The Labute approximate surface area is 204 Å². The van der Waals surface area contributed by atoms with Crippen LogP contribution >= 0.6 is 0 Å². The van der Waals surface area contributed by atoms with Gasteiger partial charge in [-0.05, 0) is 59.1 Å². The van der Waals surface area contributed by atoms with Crippen molar-refractivity contribution in [3.05, 3.63) is 101 Å². The van der Waals surface area contributed by atoms with Gasteiger partial charge in [0.2, 0.25) is 0 Å². The first-order valence-corrected chi connectivity index (χ1v) is 12.3. The number of carbonyl (C=O) groups excluding carboxylic acids is 1. The summed E-state index contributed by atoms with van der Waals surface area (Å²) < 4.78 is 31.9. The van der Waals surface area contributed by atoms with Gasteiger partial charge in [0.15, 0.2) is 0 Å². The number of alkyl halides is 2. The predicted molar refractivity (Wildman–Crippen MR) is 132 cm³/mol. The summed E-state index contributed by atoms with van der Waals surface area (Å²) in [5.74, 6) is 0.0374. The number of piperidine rings is 1. The van der Waals surface area contributed by atoms with Gasteiger partial charge in [-0.2, -0.15) is 0 Å². The van der Waals surface area contributed by atoms with Crippen molar-refractivity contribution >= 4 is 11.7 Å². The van der Waals surface area contributed by atoms with Crippen molar-refractivity contribution in [2.75, 3.05) is 6.61 Å². The summed E-state index contributed by atoms with van der Waals surface area (Å²) in [4.78, 5) is 15.3. The van der Waals surface area contributed by atoms with E-state index in [0.717, 1.165) is 30.4 Å². The first-order chi connectivity index (χ1) is 17.1. The average molecular weight is 472 g/mol. The lowest BCUT2D eigenvalue weighted by Crippen LogP contribution is -2.51. The number of nitrogens with zero attached hydrogens (tertiary/aromatic N) is 1. The molecule has 3 aromatic carbocycles. The van der Waals surface area contributed by atoms with Gasteiger partial charge in [0.1, 0.15) is 6.61 Å². The maximum absolute atomic E-state index is 13.3. The van der Waals surface area contributed by atoms with Gasteiger partial charge >= 0.3 is 6.09 Å². The number of halogens is 2. The lowest BCUT2D eigenvalue weighted by atomic mass is 9.83. The largest absolute Gasteiger partial charge is 0.448 e. The average Bonchev–Trinajstić information content (AvgIpc) is 3.20. The number of fused-ring (bicyclic) bond motifs is 5. The fourth-order valence-electron chi connectivity index (χ4n) is 6.04. The van der Waals surface area contributed by atoms with Gasteiger partial charge in [-0.3, -0.25) is 4.90 Å². The predicted octanol–water partition coefficient (Wildman–Crippen LogP) is 7.58. The number of hydrogen-bond donors (Lipinski definition) is 0. The standard InChI is InChI=1S/C30H27F2NO2/c31-29(32)20-14-12-19(13-15-20)21-16-22-6-5-7-23(17-21)33(22)30(34)35-18-28-26-10-3-1-8-24(26)25-9-2-4-11-27(25)28/h1-4,8-16,22-23,28-29H,5-7,17-18H2. The number of hydrogen-bond acceptors (Lipinski definition) is 2. The number of amides is 1. The Hall–Kier alpha value is -3.47. The van der Waals surface area contributed by atoms with E-state index in [1.807, 2.05) is 29.2 Å². The molecule has 1 saturated heterocycles. The Morgan fingerprint density at radius 1 is 0.914 bits per heavy atom. The molecular formula is C30H27F2NO2. The van der Waals surface area contributed by atoms with E-state index in [0.29, 0.717) is 13.0 Å². The third-order valence-corrected chi connectivity index (χ3v) is 7.72. The number of rotatable bonds is 4. The van der Waals surface area contributed by atoms with Crippen LogP contribution in [0.5, 0.6) is 0 Å². The second kappa shape index (κ2) is 8.95. The number of carbonyl (C=O) groups is 1. The van der Waals surface area contributed by atoms with E-state index in [2.05, 4.69) is 30.3 Å². The topological polar surface area (TPSA) is 29.5 Å². The fourth-order valence-corrected chi connectivity index (χ4v) is 6.04. The van der Waals surface area contributed by atoms with Crippen LogP contribution in [0.4, 0.5) is 13.6 Å². The quantitative estimate of drug-likeness (QED) is 0.392. The summed E-state index contributed by atoms with van der Waals surface area (Å²) in [5.41, 5.74) is 6.95. The van der Waals surface area contributed by atoms with E-state index in [9.17, 15) is 13.6 Å². The molecule has 0 N–H and O–H groups in total. The van der Waals surface area contributed by atoms with Gasteiger partial charge in [-0.1, -0.05) is 78.9 Å². The van der Waals surface area contributed by atoms with Gasteiger partial charge < -0.3 is 4.74 Å². The van der Waals surface area contributed by atoms with Crippen LogP contribution in [0.15, 0.2) is 78.9 Å². The molecule has 1 aliphatic carbocycles. The zero-order valence-corrected chi connectivity index (χ0v) is 19.4. The van der Waals surface area contributed by atoms with Gasteiger partial charge in [-0.25, -0.2) is 13.6 Å². The molecule has 5 heteroatoms. The molecule has 3 nitrogen and oxygen atoms in total. The smallest absolute Gasteiger partial charge is 0.410 e. The minimum absolute atomic E-state index is 0.0251. The van der Waals surface area contributed by atoms with Crippen LogP contribution in [0.1, 0.15) is 60.3 Å². The minimum atomic E-state index is -2.46. The molecule has 1 amide bonds. The van der Waals surface area contributed by atoms with Crippen molar-refractivity contribution in [3.63, 3.8) is 0 Å². The maximum atomic E-state index is 13.3. The van der Waals surface area contributed by atoms with Gasteiger partial charge in [0.05, 0.1) is 6.04 Å². The minimum Gasteiger partial charge on any atom is -0.448 e. The van der Waals surface area contributed by atoms with E-state index in [1.54, 1.807) is 12.1 Å². The second-order valence-corrected chi connectivity index (χ2v) is 9.68. The zero-order chi connectivity index (χ0) is 23.9. The van der Waals surface area contributed by atoms with Crippen LogP contribution in [-0.2, 0) is 4.74 Å². The van der Waals surface area contributed by atoms with Crippen molar-refractivity contribution in [1.82, 2.24) is 4.90 Å². The van der Waals surface area contributed by atoms with Crippen LogP contribution in [0.25, 0.3) is 16.7 Å².